The number of thioether (sulfide) groups is 2. The zero-order valence-electron chi connectivity index (χ0n) is 26.6. The topological polar surface area (TPSA) is 278 Å². The van der Waals surface area contributed by atoms with Gasteiger partial charge in [0.1, 0.15) is 34.2 Å². The monoisotopic (exact) mass is 780 g/mol. The molecule has 2 atom stereocenters. The van der Waals surface area contributed by atoms with Gasteiger partial charge in [-0.15, -0.1) is 34.9 Å². The van der Waals surface area contributed by atoms with Crippen LogP contribution < -0.4 is 16.5 Å². The van der Waals surface area contributed by atoms with E-state index in [1.54, 1.807) is 28.9 Å². The summed E-state index contributed by atoms with van der Waals surface area (Å²) in [4.78, 5) is 65.5. The van der Waals surface area contributed by atoms with Crippen LogP contribution in [0.3, 0.4) is 0 Å². The molecule has 22 heteroatoms. The van der Waals surface area contributed by atoms with Crippen molar-refractivity contribution in [2.75, 3.05) is 17.2 Å². The predicted octanol–water partition coefficient (Wildman–Crippen LogP) is 2.52. The lowest BCUT2D eigenvalue weighted by Gasteiger charge is -2.49. The van der Waals surface area contributed by atoms with E-state index in [1.807, 2.05) is 0 Å². The average Bonchev–Trinajstić information content (AvgIpc) is 3.79. The minimum absolute atomic E-state index is 0.000254. The van der Waals surface area contributed by atoms with Crippen LogP contribution in [0, 0.1) is 0 Å². The Bertz CT molecular complexity index is 2410. The number of phenols is 2. The summed E-state index contributed by atoms with van der Waals surface area (Å²) in [5, 5.41) is 51.0. The van der Waals surface area contributed by atoms with Crippen LogP contribution in [0.15, 0.2) is 85.1 Å². The van der Waals surface area contributed by atoms with Gasteiger partial charge in [-0.05, 0) is 24.3 Å². The lowest BCUT2D eigenvalue weighted by atomic mass is 10.1. The molecule has 53 heavy (non-hydrogen) atoms. The number of rotatable bonds is 11. The zero-order chi connectivity index (χ0) is 37.4. The predicted molar refractivity (Wildman–Crippen MR) is 188 cm³/mol. The van der Waals surface area contributed by atoms with E-state index in [0.29, 0.717) is 27.5 Å². The number of nitrogen functional groups attached to an aromatic ring is 1. The number of phenolic OH excluding ortho intramolecular Hbond substituents is 2. The molecule has 2 aliphatic rings. The Hall–Kier alpha value is -6.26. The van der Waals surface area contributed by atoms with E-state index >= 15 is 0 Å². The molecule has 19 nitrogen and oxygen atoms in total. The fourth-order valence-corrected chi connectivity index (χ4v) is 8.18. The van der Waals surface area contributed by atoms with Crippen molar-refractivity contribution in [2.24, 2.45) is 5.16 Å². The number of fused-ring (bicyclic) bond motifs is 2. The number of amides is 2. The molecule has 6 heterocycles. The summed E-state index contributed by atoms with van der Waals surface area (Å²) < 4.78 is 11.8. The van der Waals surface area contributed by atoms with Crippen LogP contribution in [0.1, 0.15) is 11.5 Å². The zero-order valence-corrected chi connectivity index (χ0v) is 29.1. The number of nitrogens with two attached hydrogens (primary N) is 1. The number of carbonyl (C=O) groups is 3. The van der Waals surface area contributed by atoms with Crippen LogP contribution >= 0.6 is 34.9 Å². The SMILES string of the molecule is Nc1nc(/C(=N/OCc2cc(=O)c(O)co2)C(=O)N[C@@H]2C(=O)N3C(OC(=O)O)=C(CSc4cc(-c5ccc(O)c(O)c5)nc5ccnn45)CS[C@H]23)cs1. The lowest BCUT2D eigenvalue weighted by molar-refractivity contribution is -0.148. The Morgan fingerprint density at radius 3 is 2.68 bits per heavy atom. The van der Waals surface area contributed by atoms with Gasteiger partial charge >= 0.3 is 6.16 Å². The average molecular weight is 781 g/mol. The number of hydrogen-bond acceptors (Lipinski definition) is 18. The number of carbonyl (C=O) groups excluding carboxylic acids is 2. The van der Waals surface area contributed by atoms with Crippen LogP contribution in [0.25, 0.3) is 16.9 Å². The number of nitrogens with zero attached hydrogens (tertiary/aromatic N) is 6. The van der Waals surface area contributed by atoms with Crippen LogP contribution in [-0.2, 0) is 25.8 Å². The number of thiazole rings is 1. The molecule has 2 amide bonds. The van der Waals surface area contributed by atoms with Gasteiger partial charge in [0.2, 0.25) is 11.3 Å². The van der Waals surface area contributed by atoms with Crippen molar-refractivity contribution in [1.82, 2.24) is 29.8 Å². The number of benzene rings is 1. The summed E-state index contributed by atoms with van der Waals surface area (Å²) in [5.74, 6) is -2.48. The third kappa shape index (κ3) is 7.14. The van der Waals surface area contributed by atoms with E-state index in [0.717, 1.165) is 28.6 Å². The fraction of sp³-hybridized carbons (Fsp3) is 0.161. The van der Waals surface area contributed by atoms with Crippen molar-refractivity contribution in [1.29, 1.82) is 0 Å². The van der Waals surface area contributed by atoms with Crippen LogP contribution in [-0.4, -0.2) is 91.5 Å². The van der Waals surface area contributed by atoms with Gasteiger partial charge in [0.15, 0.2) is 40.3 Å². The second-order valence-electron chi connectivity index (χ2n) is 11.1. The van der Waals surface area contributed by atoms with E-state index in [1.165, 1.54) is 41.0 Å². The van der Waals surface area contributed by atoms with Gasteiger partial charge in [-0.3, -0.25) is 19.3 Å². The fourth-order valence-electron chi connectivity index (χ4n) is 5.18. The molecular weight excluding hydrogens is 757 g/mol. The highest BCUT2D eigenvalue weighted by Gasteiger charge is 2.54. The number of ether oxygens (including phenoxy) is 1. The highest BCUT2D eigenvalue weighted by Crippen LogP contribution is 2.42. The number of aromatic hydroxyl groups is 3. The first-order chi connectivity index (χ1) is 25.5. The minimum Gasteiger partial charge on any atom is -0.504 e. The maximum Gasteiger partial charge on any atom is 0.512 e. The molecule has 0 radical (unpaired) electrons. The van der Waals surface area contributed by atoms with E-state index < -0.39 is 47.2 Å². The second-order valence-corrected chi connectivity index (χ2v) is 14.1. The van der Waals surface area contributed by atoms with E-state index in [-0.39, 0.29) is 51.2 Å². The van der Waals surface area contributed by atoms with Crippen LogP contribution in [0.2, 0.25) is 0 Å². The highest BCUT2D eigenvalue weighted by atomic mass is 32.2. The standard InChI is InChI=1S/C31H24N8O11S3/c32-30-35-17(12-53-30)24(37-49-8-15-6-20(42)21(43)9-48-15)26(44)36-25-27(45)38-28(50-31(46)47)14(11-52-29(25)38)10-51-23-7-16(34-22-3-4-33-39(22)23)13-1-2-18(40)19(41)5-13/h1-7,9,12,25,29,40-41,43H,8,10-11H2,(H2,32,35)(H,36,44)(H,46,47)/b37-24-/t25-,29-/m1/s1. The number of nitrogens with one attached hydrogen (secondary N) is 1. The molecule has 0 spiro atoms. The van der Waals surface area contributed by atoms with Crippen LogP contribution in [0.5, 0.6) is 17.2 Å². The summed E-state index contributed by atoms with van der Waals surface area (Å²) in [6, 6.07) is 7.57. The quantitative estimate of drug-likeness (QED) is 0.0214. The van der Waals surface area contributed by atoms with Gasteiger partial charge in [0.25, 0.3) is 11.8 Å². The Kier molecular flexibility index (Phi) is 9.55. The number of carboxylic acid groups (broad SMARTS) is 1. The van der Waals surface area contributed by atoms with Crippen molar-refractivity contribution in [3.63, 3.8) is 0 Å². The molecule has 0 aliphatic carbocycles. The molecule has 0 bridgehead atoms. The molecule has 1 saturated heterocycles. The van der Waals surface area contributed by atoms with Gasteiger partial charge in [0, 0.05) is 40.2 Å². The Morgan fingerprint density at radius 1 is 1.11 bits per heavy atom. The Morgan fingerprint density at radius 2 is 1.94 bits per heavy atom. The number of anilines is 1. The third-order valence-corrected chi connectivity index (χ3v) is 10.8. The minimum atomic E-state index is -1.64. The molecule has 7 N–H and O–H groups in total. The third-order valence-electron chi connectivity index (χ3n) is 7.66. The first kappa shape index (κ1) is 35.2. The number of aromatic nitrogens is 4. The summed E-state index contributed by atoms with van der Waals surface area (Å²) >= 11 is 3.57. The smallest absolute Gasteiger partial charge is 0.504 e. The summed E-state index contributed by atoms with van der Waals surface area (Å²) in [7, 11) is 0. The summed E-state index contributed by atoms with van der Waals surface area (Å²) in [6.07, 6.45) is 0.742. The highest BCUT2D eigenvalue weighted by molar-refractivity contribution is 8.01. The summed E-state index contributed by atoms with van der Waals surface area (Å²) in [5.41, 5.74) is 6.72. The van der Waals surface area contributed by atoms with Crippen LogP contribution in [0.4, 0.5) is 9.93 Å². The number of hydrogen-bond donors (Lipinski definition) is 6. The van der Waals surface area contributed by atoms with Crippen molar-refractivity contribution in [3.05, 3.63) is 87.4 Å². The first-order valence-corrected chi connectivity index (χ1v) is 18.0. The molecule has 272 valence electrons. The van der Waals surface area contributed by atoms with Gasteiger partial charge in [-0.1, -0.05) is 5.16 Å². The Labute approximate surface area is 308 Å². The van der Waals surface area contributed by atoms with Crippen molar-refractivity contribution in [3.8, 4) is 28.5 Å². The van der Waals surface area contributed by atoms with Crippen molar-refractivity contribution >= 4 is 69.3 Å². The van der Waals surface area contributed by atoms with Crippen molar-refractivity contribution < 1.29 is 48.8 Å². The Balaban J connectivity index is 1.09. The number of oxime groups is 1. The summed E-state index contributed by atoms with van der Waals surface area (Å²) in [6.45, 7) is -0.394. The van der Waals surface area contributed by atoms with E-state index in [4.69, 9.17) is 19.7 Å². The van der Waals surface area contributed by atoms with Crippen molar-refractivity contribution in [2.45, 2.75) is 23.0 Å². The normalized spacial score (nSPS) is 17.0. The lowest BCUT2D eigenvalue weighted by Crippen LogP contribution is -2.70. The molecule has 0 unspecified atom stereocenters. The molecule has 2 aliphatic heterocycles. The van der Waals surface area contributed by atoms with Gasteiger partial charge in [-0.25, -0.2) is 19.3 Å². The molecule has 5 aromatic rings. The number of β-lactam (4-membered cyclic amide) rings is 1. The molecule has 7 rings (SSSR count). The molecule has 1 fully saturated rings. The first-order valence-electron chi connectivity index (χ1n) is 15.1. The van der Waals surface area contributed by atoms with Gasteiger partial charge < -0.3 is 45.5 Å². The molecule has 1 aromatic carbocycles. The largest absolute Gasteiger partial charge is 0.512 e. The van der Waals surface area contributed by atoms with E-state index in [2.05, 4.69) is 25.5 Å². The maximum atomic E-state index is 13.5. The maximum absolute atomic E-state index is 13.5. The second kappa shape index (κ2) is 14.4. The molecule has 4 aromatic heterocycles. The molecule has 0 saturated carbocycles. The van der Waals surface area contributed by atoms with Gasteiger partial charge in [-0.2, -0.15) is 5.10 Å². The van der Waals surface area contributed by atoms with E-state index in [9.17, 15) is 39.6 Å². The van der Waals surface area contributed by atoms with Gasteiger partial charge in [0.05, 0.1) is 11.9 Å². The molecular formula is C31H24N8O11S3.